The molecule has 0 aromatic carbocycles. The highest BCUT2D eigenvalue weighted by Crippen LogP contribution is 2.28. The molecule has 0 spiro atoms. The summed E-state index contributed by atoms with van der Waals surface area (Å²) in [5.74, 6) is 0.135. The van der Waals surface area contributed by atoms with Crippen LogP contribution in [0.4, 0.5) is 11.5 Å². The molecule has 0 N–H and O–H groups in total. The summed E-state index contributed by atoms with van der Waals surface area (Å²) >= 11 is 0. The molecule has 1 aliphatic rings. The van der Waals surface area contributed by atoms with Gasteiger partial charge in [-0.15, -0.1) is 0 Å². The molecule has 102 valence electrons. The van der Waals surface area contributed by atoms with Crippen molar-refractivity contribution in [1.29, 1.82) is 0 Å². The molecule has 0 unspecified atom stereocenters. The van der Waals surface area contributed by atoms with E-state index in [1.165, 1.54) is 11.6 Å². The number of ether oxygens (including phenoxy) is 1. The molecule has 0 atom stereocenters. The van der Waals surface area contributed by atoms with E-state index in [2.05, 4.69) is 23.4 Å². The zero-order valence-corrected chi connectivity index (χ0v) is 11.0. The lowest BCUT2D eigenvalue weighted by molar-refractivity contribution is -0.111. The molecule has 1 aliphatic heterocycles. The van der Waals surface area contributed by atoms with Crippen LogP contribution in [0.25, 0.3) is 0 Å². The molecule has 1 aromatic rings. The Morgan fingerprint density at radius 3 is 2.37 bits per heavy atom. The second kappa shape index (κ2) is 4.58. The topological polar surface area (TPSA) is 77.9 Å². The maximum absolute atomic E-state index is 12.3. The van der Waals surface area contributed by atoms with Gasteiger partial charge in [0.1, 0.15) is 0 Å². The zero-order valence-electron chi connectivity index (χ0n) is 11.0. The van der Waals surface area contributed by atoms with Gasteiger partial charge in [0.05, 0.1) is 13.2 Å². The fraction of sp³-hybridized carbons (Fsp3) is 0.500. The Kier molecular flexibility index (Phi) is 3.23. The fourth-order valence-electron chi connectivity index (χ4n) is 2.12. The molecule has 0 bridgehead atoms. The monoisotopic (exact) mass is 264 g/mol. The molecule has 0 amide bonds. The van der Waals surface area contributed by atoms with E-state index in [4.69, 9.17) is 4.74 Å². The average molecular weight is 264 g/mol. The Hall–Kier alpha value is -2.02. The van der Waals surface area contributed by atoms with E-state index in [9.17, 15) is 9.59 Å². The first kappa shape index (κ1) is 13.4. The predicted octanol–water partition coefficient (Wildman–Crippen LogP) is 0.248. The van der Waals surface area contributed by atoms with Gasteiger partial charge in [0.15, 0.2) is 11.5 Å². The van der Waals surface area contributed by atoms with Gasteiger partial charge >= 0.3 is 5.69 Å². The van der Waals surface area contributed by atoms with Gasteiger partial charge in [-0.2, -0.15) is 0 Å². The molecular formula is C12H16N4O3. The van der Waals surface area contributed by atoms with Crippen LogP contribution in [0.2, 0.25) is 0 Å². The van der Waals surface area contributed by atoms with Crippen molar-refractivity contribution in [3.05, 3.63) is 20.8 Å². The van der Waals surface area contributed by atoms with Crippen molar-refractivity contribution in [2.24, 2.45) is 22.4 Å². The van der Waals surface area contributed by atoms with E-state index in [0.717, 1.165) is 4.57 Å². The van der Waals surface area contributed by atoms with Crippen LogP contribution < -0.4 is 11.2 Å². The third-order valence-corrected chi connectivity index (χ3v) is 3.24. The molecule has 1 fully saturated rings. The first-order valence-electron chi connectivity index (χ1n) is 5.78. The third-order valence-electron chi connectivity index (χ3n) is 3.24. The number of aromatic nitrogens is 2. The Morgan fingerprint density at radius 2 is 1.95 bits per heavy atom. The fourth-order valence-corrected chi connectivity index (χ4v) is 2.12. The zero-order chi connectivity index (χ0) is 14.2. The van der Waals surface area contributed by atoms with Crippen molar-refractivity contribution in [1.82, 2.24) is 9.13 Å². The van der Waals surface area contributed by atoms with Crippen molar-refractivity contribution < 1.29 is 4.74 Å². The summed E-state index contributed by atoms with van der Waals surface area (Å²) in [5, 5.41) is 0. The SMILES string of the molecule is C=Nc1c(N=C)n(C)c(=O)n(CC2(C)COC2)c1=O. The van der Waals surface area contributed by atoms with E-state index in [1.807, 2.05) is 6.92 Å². The number of aliphatic imine (C=N–C) groups is 2. The van der Waals surface area contributed by atoms with Crippen molar-refractivity contribution in [3.63, 3.8) is 0 Å². The Labute approximate surface area is 109 Å². The molecule has 1 aromatic heterocycles. The van der Waals surface area contributed by atoms with Gasteiger partial charge in [-0.1, -0.05) is 6.92 Å². The van der Waals surface area contributed by atoms with Crippen LogP contribution in [0, 0.1) is 5.41 Å². The highest BCUT2D eigenvalue weighted by atomic mass is 16.5. The van der Waals surface area contributed by atoms with Crippen molar-refractivity contribution in [2.45, 2.75) is 13.5 Å². The summed E-state index contributed by atoms with van der Waals surface area (Å²) < 4.78 is 7.54. The number of hydrogen-bond donors (Lipinski definition) is 0. The van der Waals surface area contributed by atoms with Gasteiger partial charge in [0.2, 0.25) is 0 Å². The maximum Gasteiger partial charge on any atom is 0.332 e. The quantitative estimate of drug-likeness (QED) is 0.731. The smallest absolute Gasteiger partial charge is 0.332 e. The molecule has 1 saturated heterocycles. The predicted molar refractivity (Wildman–Crippen MR) is 73.3 cm³/mol. The summed E-state index contributed by atoms with van der Waals surface area (Å²) in [6, 6.07) is 0. The van der Waals surface area contributed by atoms with Crippen molar-refractivity contribution in [3.8, 4) is 0 Å². The first-order valence-corrected chi connectivity index (χ1v) is 5.78. The van der Waals surface area contributed by atoms with Gasteiger partial charge < -0.3 is 4.74 Å². The van der Waals surface area contributed by atoms with E-state index < -0.39 is 11.2 Å². The van der Waals surface area contributed by atoms with E-state index in [1.54, 1.807) is 0 Å². The third kappa shape index (κ3) is 2.06. The maximum atomic E-state index is 12.3. The minimum Gasteiger partial charge on any atom is -0.380 e. The van der Waals surface area contributed by atoms with E-state index in [0.29, 0.717) is 19.8 Å². The molecule has 19 heavy (non-hydrogen) atoms. The molecular weight excluding hydrogens is 248 g/mol. The van der Waals surface area contributed by atoms with Crippen LogP contribution in [0.3, 0.4) is 0 Å². The van der Waals surface area contributed by atoms with Crippen molar-refractivity contribution in [2.75, 3.05) is 13.2 Å². The summed E-state index contributed by atoms with van der Waals surface area (Å²) in [5.41, 5.74) is -1.08. The lowest BCUT2D eigenvalue weighted by Gasteiger charge is -2.38. The number of nitrogens with zero attached hydrogens (tertiary/aromatic N) is 4. The minimum absolute atomic E-state index is 0.0425. The summed E-state index contributed by atoms with van der Waals surface area (Å²) in [7, 11) is 1.52. The first-order chi connectivity index (χ1) is 8.93. The standard InChI is InChI=1S/C12H16N4O3/c1-12(6-19-7-12)5-16-10(17)8(13-2)9(14-3)15(4)11(16)18/h2-3,5-7H2,1,4H3. The molecule has 7 nitrogen and oxygen atoms in total. The van der Waals surface area contributed by atoms with Crippen LogP contribution in [0.5, 0.6) is 0 Å². The van der Waals surface area contributed by atoms with Crippen LogP contribution >= 0.6 is 0 Å². The van der Waals surface area contributed by atoms with Crippen LogP contribution in [0.15, 0.2) is 19.6 Å². The Bertz CT molecular complexity index is 652. The highest BCUT2D eigenvalue weighted by molar-refractivity contribution is 5.61. The normalized spacial score (nSPS) is 16.7. The molecule has 2 heterocycles. The Balaban J connectivity index is 2.65. The van der Waals surface area contributed by atoms with Gasteiger partial charge in [0, 0.05) is 19.0 Å². The average Bonchev–Trinajstić information content (AvgIpc) is 2.36. The molecule has 0 aliphatic carbocycles. The van der Waals surface area contributed by atoms with E-state index >= 15 is 0 Å². The number of rotatable bonds is 4. The van der Waals surface area contributed by atoms with Crippen LogP contribution in [-0.2, 0) is 18.3 Å². The summed E-state index contributed by atoms with van der Waals surface area (Å²) in [6.45, 7) is 10.0. The van der Waals surface area contributed by atoms with E-state index in [-0.39, 0.29) is 16.9 Å². The Morgan fingerprint density at radius 1 is 1.32 bits per heavy atom. The largest absolute Gasteiger partial charge is 0.380 e. The second-order valence-corrected chi connectivity index (χ2v) is 5.02. The van der Waals surface area contributed by atoms with Crippen LogP contribution in [0.1, 0.15) is 6.92 Å². The van der Waals surface area contributed by atoms with Gasteiger partial charge in [-0.25, -0.2) is 9.79 Å². The molecule has 0 saturated carbocycles. The van der Waals surface area contributed by atoms with Crippen molar-refractivity contribution >= 4 is 24.9 Å². The lowest BCUT2D eigenvalue weighted by Crippen LogP contribution is -2.49. The molecule has 0 radical (unpaired) electrons. The highest BCUT2D eigenvalue weighted by Gasteiger charge is 2.35. The minimum atomic E-state index is -0.492. The van der Waals surface area contributed by atoms with Crippen LogP contribution in [-0.4, -0.2) is 35.8 Å². The number of hydrogen-bond acceptors (Lipinski definition) is 5. The summed E-state index contributed by atoms with van der Waals surface area (Å²) in [6.07, 6.45) is 0. The second-order valence-electron chi connectivity index (χ2n) is 5.02. The van der Waals surface area contributed by atoms with Gasteiger partial charge in [-0.3, -0.25) is 18.9 Å². The van der Waals surface area contributed by atoms with Gasteiger partial charge in [-0.05, 0) is 13.4 Å². The van der Waals surface area contributed by atoms with Gasteiger partial charge in [0.25, 0.3) is 5.56 Å². The molecule has 2 rings (SSSR count). The molecule has 7 heteroatoms. The summed E-state index contributed by atoms with van der Waals surface area (Å²) in [4.78, 5) is 31.8. The lowest BCUT2D eigenvalue weighted by atomic mass is 9.88.